The van der Waals surface area contributed by atoms with Crippen molar-refractivity contribution < 1.29 is 9.59 Å². The molecular weight excluding hydrogens is 252 g/mol. The van der Waals surface area contributed by atoms with E-state index < -0.39 is 0 Å². The third-order valence-corrected chi connectivity index (χ3v) is 3.82. The van der Waals surface area contributed by atoms with Gasteiger partial charge in [-0.1, -0.05) is 11.8 Å². The highest BCUT2D eigenvalue weighted by atomic mass is 32.2. The van der Waals surface area contributed by atoms with E-state index in [9.17, 15) is 14.4 Å². The van der Waals surface area contributed by atoms with E-state index in [0.29, 0.717) is 24.5 Å². The lowest BCUT2D eigenvalue weighted by molar-refractivity contribution is -0.117. The molecule has 1 aliphatic heterocycles. The number of carbonyl (C=O) groups is 2. The Balaban J connectivity index is 2.05. The van der Waals surface area contributed by atoms with Gasteiger partial charge in [0, 0.05) is 44.0 Å². The normalized spacial score (nSPS) is 19.3. The molecule has 2 rings (SSSR count). The van der Waals surface area contributed by atoms with Crippen LogP contribution in [0.15, 0.2) is 23.1 Å². The van der Waals surface area contributed by atoms with Gasteiger partial charge in [0.05, 0.1) is 0 Å². The van der Waals surface area contributed by atoms with Gasteiger partial charge in [-0.3, -0.25) is 19.3 Å². The van der Waals surface area contributed by atoms with Gasteiger partial charge in [0.15, 0.2) is 10.5 Å². The Morgan fingerprint density at radius 2 is 2.33 bits per heavy atom. The van der Waals surface area contributed by atoms with Gasteiger partial charge in [-0.15, -0.1) is 0 Å². The topological polar surface area (TPSA) is 70.2 Å². The summed E-state index contributed by atoms with van der Waals surface area (Å²) >= 11 is 1.24. The number of nitrogens with zero attached hydrogens (tertiary/aromatic N) is 1. The van der Waals surface area contributed by atoms with E-state index in [1.165, 1.54) is 37.0 Å². The SMILES string of the molecule is CC(=O)SCC1CC(=O)N(c2cc(=O)cc[nH]2)C1. The summed E-state index contributed by atoms with van der Waals surface area (Å²) < 4.78 is 0. The predicted octanol–water partition coefficient (Wildman–Crippen LogP) is 1.01. The molecule has 0 aromatic carbocycles. The minimum atomic E-state index is -0.127. The molecule has 1 aliphatic rings. The zero-order valence-corrected chi connectivity index (χ0v) is 10.8. The first kappa shape index (κ1) is 12.9. The lowest BCUT2D eigenvalue weighted by Crippen LogP contribution is -2.26. The molecule has 0 aliphatic carbocycles. The summed E-state index contributed by atoms with van der Waals surface area (Å²) in [7, 11) is 0. The number of hydrogen-bond donors (Lipinski definition) is 1. The number of aromatic nitrogens is 1. The third kappa shape index (κ3) is 3.01. The maximum atomic E-state index is 11.9. The molecule has 1 amide bonds. The summed E-state index contributed by atoms with van der Waals surface area (Å²) in [4.78, 5) is 38.5. The van der Waals surface area contributed by atoms with E-state index in [4.69, 9.17) is 0 Å². The molecule has 96 valence electrons. The maximum absolute atomic E-state index is 11.9. The number of pyridine rings is 1. The van der Waals surface area contributed by atoms with Gasteiger partial charge in [0.2, 0.25) is 5.91 Å². The van der Waals surface area contributed by atoms with Crippen molar-refractivity contribution in [1.29, 1.82) is 0 Å². The first-order valence-electron chi connectivity index (χ1n) is 5.68. The highest BCUT2D eigenvalue weighted by Gasteiger charge is 2.31. The molecule has 18 heavy (non-hydrogen) atoms. The number of nitrogens with one attached hydrogen (secondary N) is 1. The summed E-state index contributed by atoms with van der Waals surface area (Å²) in [6, 6.07) is 2.82. The number of anilines is 1. The van der Waals surface area contributed by atoms with Gasteiger partial charge in [-0.05, 0) is 5.92 Å². The molecule has 1 saturated heterocycles. The predicted molar refractivity (Wildman–Crippen MR) is 70.7 cm³/mol. The zero-order valence-electron chi connectivity index (χ0n) is 10.0. The van der Waals surface area contributed by atoms with Crippen LogP contribution in [-0.2, 0) is 9.59 Å². The lowest BCUT2D eigenvalue weighted by Gasteiger charge is -2.15. The van der Waals surface area contributed by atoms with Crippen molar-refractivity contribution in [3.05, 3.63) is 28.6 Å². The molecule has 1 atom stereocenters. The highest BCUT2D eigenvalue weighted by Crippen LogP contribution is 2.25. The second-order valence-corrected chi connectivity index (χ2v) is 5.48. The number of carbonyl (C=O) groups excluding carboxylic acids is 2. The van der Waals surface area contributed by atoms with Gasteiger partial charge in [-0.2, -0.15) is 0 Å². The molecule has 1 aromatic heterocycles. The van der Waals surface area contributed by atoms with E-state index >= 15 is 0 Å². The van der Waals surface area contributed by atoms with Crippen molar-refractivity contribution in [1.82, 2.24) is 4.98 Å². The number of thioether (sulfide) groups is 1. The van der Waals surface area contributed by atoms with Crippen molar-refractivity contribution in [2.45, 2.75) is 13.3 Å². The lowest BCUT2D eigenvalue weighted by atomic mass is 10.1. The largest absolute Gasteiger partial charge is 0.348 e. The average Bonchev–Trinajstić information content (AvgIpc) is 2.68. The van der Waals surface area contributed by atoms with Gasteiger partial charge in [0.25, 0.3) is 0 Å². The molecule has 1 N–H and O–H groups in total. The van der Waals surface area contributed by atoms with Crippen LogP contribution in [0.4, 0.5) is 5.82 Å². The third-order valence-electron chi connectivity index (χ3n) is 2.78. The fourth-order valence-electron chi connectivity index (χ4n) is 1.95. The van der Waals surface area contributed by atoms with Crippen LogP contribution in [-0.4, -0.2) is 28.3 Å². The van der Waals surface area contributed by atoms with E-state index in [1.54, 1.807) is 4.90 Å². The molecule has 0 radical (unpaired) electrons. The molecule has 0 bridgehead atoms. The number of H-pyrrole nitrogens is 1. The molecule has 6 heteroatoms. The molecule has 5 nitrogen and oxygen atoms in total. The standard InChI is InChI=1S/C12H14N2O3S/c1-8(15)18-7-9-4-12(17)14(6-9)11-5-10(16)2-3-13-11/h2-3,5,9H,4,6-7H2,1H3,(H,13,16). The van der Waals surface area contributed by atoms with Crippen LogP contribution in [0.3, 0.4) is 0 Å². The van der Waals surface area contributed by atoms with Crippen LogP contribution in [0, 0.1) is 5.92 Å². The summed E-state index contributed by atoms with van der Waals surface area (Å²) in [5.74, 6) is 1.33. The molecule has 1 fully saturated rings. The van der Waals surface area contributed by atoms with Crippen molar-refractivity contribution >= 4 is 28.6 Å². The van der Waals surface area contributed by atoms with Crippen LogP contribution in [0.5, 0.6) is 0 Å². The van der Waals surface area contributed by atoms with E-state index in [2.05, 4.69) is 4.98 Å². The van der Waals surface area contributed by atoms with Crippen LogP contribution < -0.4 is 10.3 Å². The van der Waals surface area contributed by atoms with Crippen molar-refractivity contribution in [3.8, 4) is 0 Å². The van der Waals surface area contributed by atoms with Crippen LogP contribution >= 0.6 is 11.8 Å². The molecule has 0 saturated carbocycles. The van der Waals surface area contributed by atoms with E-state index in [-0.39, 0.29) is 22.4 Å². The van der Waals surface area contributed by atoms with Gasteiger partial charge >= 0.3 is 0 Å². The maximum Gasteiger partial charge on any atom is 0.228 e. The Morgan fingerprint density at radius 1 is 1.56 bits per heavy atom. The Morgan fingerprint density at radius 3 is 3.00 bits per heavy atom. The quantitative estimate of drug-likeness (QED) is 0.886. The van der Waals surface area contributed by atoms with Crippen molar-refractivity contribution in [3.63, 3.8) is 0 Å². The average molecular weight is 266 g/mol. The zero-order chi connectivity index (χ0) is 13.1. The second-order valence-electron chi connectivity index (χ2n) is 4.29. The Labute approximate surface area is 109 Å². The van der Waals surface area contributed by atoms with Crippen LogP contribution in [0.2, 0.25) is 0 Å². The molecular formula is C12H14N2O3S. The first-order chi connectivity index (χ1) is 8.56. The monoisotopic (exact) mass is 266 g/mol. The van der Waals surface area contributed by atoms with E-state index in [0.717, 1.165) is 0 Å². The smallest absolute Gasteiger partial charge is 0.228 e. The van der Waals surface area contributed by atoms with Gasteiger partial charge in [-0.25, -0.2) is 0 Å². The Bertz CT molecular complexity index is 526. The summed E-state index contributed by atoms with van der Waals surface area (Å²) in [5.41, 5.74) is -0.127. The Kier molecular flexibility index (Phi) is 3.86. The molecule has 1 aromatic rings. The molecule has 2 heterocycles. The van der Waals surface area contributed by atoms with Gasteiger partial charge in [0.1, 0.15) is 5.82 Å². The van der Waals surface area contributed by atoms with Crippen LogP contribution in [0.1, 0.15) is 13.3 Å². The van der Waals surface area contributed by atoms with Crippen molar-refractivity contribution in [2.24, 2.45) is 5.92 Å². The second kappa shape index (κ2) is 5.39. The van der Waals surface area contributed by atoms with E-state index in [1.807, 2.05) is 0 Å². The summed E-state index contributed by atoms with van der Waals surface area (Å²) in [5, 5.41) is 0.0639. The highest BCUT2D eigenvalue weighted by molar-refractivity contribution is 8.13. The number of aromatic amines is 1. The fraction of sp³-hybridized carbons (Fsp3) is 0.417. The van der Waals surface area contributed by atoms with Gasteiger partial charge < -0.3 is 4.98 Å². The molecule has 1 unspecified atom stereocenters. The minimum absolute atomic E-state index is 0.00833. The molecule has 0 spiro atoms. The fourth-order valence-corrected chi connectivity index (χ4v) is 2.64. The first-order valence-corrected chi connectivity index (χ1v) is 6.67. The number of rotatable bonds is 3. The number of amides is 1. The minimum Gasteiger partial charge on any atom is -0.348 e. The number of hydrogen-bond acceptors (Lipinski definition) is 4. The van der Waals surface area contributed by atoms with Crippen molar-refractivity contribution in [2.75, 3.05) is 17.2 Å². The summed E-state index contributed by atoms with van der Waals surface area (Å²) in [6.07, 6.45) is 1.96. The summed E-state index contributed by atoms with van der Waals surface area (Å²) in [6.45, 7) is 2.08. The Hall–Kier alpha value is -1.56. The van der Waals surface area contributed by atoms with Crippen LogP contribution in [0.25, 0.3) is 0 Å².